The van der Waals surface area contributed by atoms with Crippen LogP contribution in [-0.2, 0) is 9.53 Å². The van der Waals surface area contributed by atoms with Crippen molar-refractivity contribution in [2.24, 2.45) is 5.92 Å². The molecule has 0 amide bonds. The highest BCUT2D eigenvalue weighted by Crippen LogP contribution is 2.12. The Balaban J connectivity index is 3.23. The van der Waals surface area contributed by atoms with Crippen molar-refractivity contribution >= 4 is 5.97 Å². The van der Waals surface area contributed by atoms with Gasteiger partial charge in [-0.2, -0.15) is 0 Å². The van der Waals surface area contributed by atoms with E-state index < -0.39 is 0 Å². The van der Waals surface area contributed by atoms with E-state index in [4.69, 9.17) is 0 Å². The van der Waals surface area contributed by atoms with Gasteiger partial charge in [-0.1, -0.05) is 76.7 Å². The van der Waals surface area contributed by atoms with Crippen LogP contribution in [0, 0.1) is 5.92 Å². The molecule has 140 valence electrons. The summed E-state index contributed by atoms with van der Waals surface area (Å²) in [7, 11) is 1.45. The minimum Gasteiger partial charge on any atom is -0.469 e. The predicted molar refractivity (Wildman–Crippen MR) is 105 cm³/mol. The molecule has 0 saturated carbocycles. The molecule has 0 spiro atoms. The highest BCUT2D eigenvalue weighted by Gasteiger charge is 1.97. The molecule has 0 radical (unpaired) electrons. The summed E-state index contributed by atoms with van der Waals surface area (Å²) in [4.78, 5) is 10.9. The van der Waals surface area contributed by atoms with Crippen LogP contribution in [0.4, 0.5) is 0 Å². The minimum atomic E-state index is -0.0996. The highest BCUT2D eigenvalue weighted by molar-refractivity contribution is 5.68. The summed E-state index contributed by atoms with van der Waals surface area (Å²) in [5, 5.41) is 0. The van der Waals surface area contributed by atoms with Crippen molar-refractivity contribution in [1.29, 1.82) is 0 Å². The van der Waals surface area contributed by atoms with Crippen molar-refractivity contribution in [2.45, 2.75) is 97.3 Å². The Kier molecular flexibility index (Phi) is 17.5. The first-order valence-electron chi connectivity index (χ1n) is 10.0. The minimum absolute atomic E-state index is 0.0996. The SMILES string of the molecule is COC(=O)CCCC/C=C\C/C=C\CCCCCCCCC(C)C. The van der Waals surface area contributed by atoms with Crippen LogP contribution in [0.2, 0.25) is 0 Å². The van der Waals surface area contributed by atoms with E-state index in [1.54, 1.807) is 0 Å². The summed E-state index contributed by atoms with van der Waals surface area (Å²) in [6, 6.07) is 0. The average molecular weight is 337 g/mol. The molecule has 0 aliphatic carbocycles. The number of hydrogen-bond acceptors (Lipinski definition) is 2. The summed E-state index contributed by atoms with van der Waals surface area (Å²) < 4.78 is 4.62. The van der Waals surface area contributed by atoms with E-state index in [1.165, 1.54) is 58.5 Å². The number of carbonyl (C=O) groups excluding carboxylic acids is 1. The number of hydrogen-bond donors (Lipinski definition) is 0. The van der Waals surface area contributed by atoms with Crippen LogP contribution in [0.1, 0.15) is 97.3 Å². The Morgan fingerprint density at radius 2 is 1.33 bits per heavy atom. The third-order valence-electron chi connectivity index (χ3n) is 4.24. The van der Waals surface area contributed by atoms with Crippen LogP contribution in [-0.4, -0.2) is 13.1 Å². The molecule has 0 atom stereocenters. The van der Waals surface area contributed by atoms with Crippen LogP contribution in [0.25, 0.3) is 0 Å². The molecule has 24 heavy (non-hydrogen) atoms. The van der Waals surface area contributed by atoms with Gasteiger partial charge in [0.15, 0.2) is 0 Å². The van der Waals surface area contributed by atoms with E-state index in [-0.39, 0.29) is 5.97 Å². The van der Waals surface area contributed by atoms with Crippen molar-refractivity contribution in [3.05, 3.63) is 24.3 Å². The Morgan fingerprint density at radius 3 is 1.92 bits per heavy atom. The lowest BCUT2D eigenvalue weighted by Crippen LogP contribution is -1.98. The molecule has 0 aromatic heterocycles. The zero-order valence-corrected chi connectivity index (χ0v) is 16.4. The molecule has 0 fully saturated rings. The van der Waals surface area contributed by atoms with Gasteiger partial charge in [0.05, 0.1) is 7.11 Å². The van der Waals surface area contributed by atoms with Crippen molar-refractivity contribution in [3.8, 4) is 0 Å². The molecule has 0 rings (SSSR count). The number of allylic oxidation sites excluding steroid dienone is 4. The smallest absolute Gasteiger partial charge is 0.305 e. The standard InChI is InChI=1S/C22H40O2/c1-21(2)19-17-15-13-11-9-7-5-4-6-8-10-12-14-16-18-20-22(23)24-3/h4,6,10,12,21H,5,7-9,11,13-20H2,1-3H3/b6-4-,12-10-. The van der Waals surface area contributed by atoms with Gasteiger partial charge in [-0.3, -0.25) is 4.79 Å². The molecule has 0 aromatic carbocycles. The molecule has 2 heteroatoms. The maximum Gasteiger partial charge on any atom is 0.305 e. The maximum atomic E-state index is 10.9. The van der Waals surface area contributed by atoms with Crippen LogP contribution >= 0.6 is 0 Å². The molecular formula is C22H40O2. The second-order valence-corrected chi connectivity index (χ2v) is 7.09. The van der Waals surface area contributed by atoms with Gasteiger partial charge in [0, 0.05) is 6.42 Å². The lowest BCUT2D eigenvalue weighted by Gasteiger charge is -2.03. The van der Waals surface area contributed by atoms with Crippen molar-refractivity contribution in [1.82, 2.24) is 0 Å². The van der Waals surface area contributed by atoms with Crippen LogP contribution in [0.5, 0.6) is 0 Å². The van der Waals surface area contributed by atoms with Gasteiger partial charge >= 0.3 is 5.97 Å². The Morgan fingerprint density at radius 1 is 0.792 bits per heavy atom. The van der Waals surface area contributed by atoms with Crippen molar-refractivity contribution in [2.75, 3.05) is 7.11 Å². The topological polar surface area (TPSA) is 26.3 Å². The van der Waals surface area contributed by atoms with E-state index in [2.05, 4.69) is 42.9 Å². The summed E-state index contributed by atoms with van der Waals surface area (Å²) in [5.74, 6) is 0.765. The van der Waals surface area contributed by atoms with Gasteiger partial charge in [0.1, 0.15) is 0 Å². The number of unbranched alkanes of at least 4 members (excludes halogenated alkanes) is 8. The molecule has 2 nitrogen and oxygen atoms in total. The quantitative estimate of drug-likeness (QED) is 0.172. The van der Waals surface area contributed by atoms with Gasteiger partial charge in [-0.25, -0.2) is 0 Å². The molecule has 0 N–H and O–H groups in total. The van der Waals surface area contributed by atoms with Crippen LogP contribution < -0.4 is 0 Å². The average Bonchev–Trinajstić information content (AvgIpc) is 2.57. The number of methoxy groups -OCH3 is 1. The van der Waals surface area contributed by atoms with Gasteiger partial charge < -0.3 is 4.74 Å². The van der Waals surface area contributed by atoms with Gasteiger partial charge in [-0.05, 0) is 44.4 Å². The fraction of sp³-hybridized carbons (Fsp3) is 0.773. The first-order valence-corrected chi connectivity index (χ1v) is 10.0. The second kappa shape index (κ2) is 18.3. The first-order chi connectivity index (χ1) is 11.7. The normalized spacial score (nSPS) is 11.8. The highest BCUT2D eigenvalue weighted by atomic mass is 16.5. The number of rotatable bonds is 16. The molecule has 0 heterocycles. The van der Waals surface area contributed by atoms with Crippen LogP contribution in [0.3, 0.4) is 0 Å². The zero-order chi connectivity index (χ0) is 17.9. The van der Waals surface area contributed by atoms with E-state index in [0.717, 1.165) is 31.6 Å². The summed E-state index contributed by atoms with van der Waals surface area (Å²) in [6.07, 6.45) is 24.6. The van der Waals surface area contributed by atoms with E-state index >= 15 is 0 Å². The second-order valence-electron chi connectivity index (χ2n) is 7.09. The molecular weight excluding hydrogens is 296 g/mol. The molecule has 0 bridgehead atoms. The number of ether oxygens (including phenoxy) is 1. The first kappa shape index (κ1) is 22.9. The predicted octanol–water partition coefficient (Wildman–Crippen LogP) is 7.00. The van der Waals surface area contributed by atoms with Gasteiger partial charge in [0.2, 0.25) is 0 Å². The third kappa shape index (κ3) is 19.0. The number of carbonyl (C=O) groups is 1. The molecule has 0 unspecified atom stereocenters. The summed E-state index contributed by atoms with van der Waals surface area (Å²) in [5.41, 5.74) is 0. The summed E-state index contributed by atoms with van der Waals surface area (Å²) >= 11 is 0. The molecule has 0 saturated heterocycles. The van der Waals surface area contributed by atoms with E-state index in [0.29, 0.717) is 6.42 Å². The summed E-state index contributed by atoms with van der Waals surface area (Å²) in [6.45, 7) is 4.62. The molecule has 0 aliphatic rings. The zero-order valence-electron chi connectivity index (χ0n) is 16.4. The van der Waals surface area contributed by atoms with Gasteiger partial charge in [0.25, 0.3) is 0 Å². The van der Waals surface area contributed by atoms with Crippen LogP contribution in [0.15, 0.2) is 24.3 Å². The van der Waals surface area contributed by atoms with Gasteiger partial charge in [-0.15, -0.1) is 0 Å². The Labute approximate surface area is 150 Å². The third-order valence-corrected chi connectivity index (χ3v) is 4.24. The number of esters is 1. The lowest BCUT2D eigenvalue weighted by molar-refractivity contribution is -0.140. The Bertz CT molecular complexity index is 329. The Hall–Kier alpha value is -1.05. The van der Waals surface area contributed by atoms with E-state index in [1.807, 2.05) is 0 Å². The fourth-order valence-electron chi connectivity index (χ4n) is 2.66. The monoisotopic (exact) mass is 336 g/mol. The van der Waals surface area contributed by atoms with E-state index in [9.17, 15) is 4.79 Å². The maximum absolute atomic E-state index is 10.9. The molecule has 0 aromatic rings. The molecule has 0 aliphatic heterocycles. The fourth-order valence-corrected chi connectivity index (χ4v) is 2.66. The van der Waals surface area contributed by atoms with Crippen molar-refractivity contribution in [3.63, 3.8) is 0 Å². The van der Waals surface area contributed by atoms with Crippen molar-refractivity contribution < 1.29 is 9.53 Å². The largest absolute Gasteiger partial charge is 0.469 e. The lowest BCUT2D eigenvalue weighted by atomic mass is 10.0.